The summed E-state index contributed by atoms with van der Waals surface area (Å²) in [5, 5.41) is 4.00. The van der Waals surface area contributed by atoms with E-state index in [4.69, 9.17) is 10.9 Å². The highest BCUT2D eigenvalue weighted by atomic mass is 32.2. The van der Waals surface area contributed by atoms with Gasteiger partial charge in [0, 0.05) is 6.20 Å². The molecule has 0 spiro atoms. The van der Waals surface area contributed by atoms with E-state index in [1.165, 1.54) is 6.92 Å². The molecule has 1 amide bonds. The zero-order valence-electron chi connectivity index (χ0n) is 9.32. The van der Waals surface area contributed by atoms with Crippen LogP contribution in [0.25, 0.3) is 0 Å². The van der Waals surface area contributed by atoms with E-state index < -0.39 is 47.0 Å². The smallest absolute Gasteiger partial charge is 0.256 e. The second kappa shape index (κ2) is 4.63. The highest BCUT2D eigenvalue weighted by Crippen LogP contribution is 2.23. The van der Waals surface area contributed by atoms with E-state index >= 15 is 0 Å². The van der Waals surface area contributed by atoms with Gasteiger partial charge in [0.1, 0.15) is 4.90 Å². The minimum atomic E-state index is -4.38. The molecule has 0 atom stereocenters. The maximum Gasteiger partial charge on any atom is 0.256 e. The van der Waals surface area contributed by atoms with Crippen LogP contribution >= 0.6 is 0 Å². The van der Waals surface area contributed by atoms with Crippen LogP contribution in [0.2, 0.25) is 0 Å². The Hall–Kier alpha value is -1.52. The molecule has 0 aliphatic carbocycles. The Morgan fingerprint density at radius 2 is 1.89 bits per heavy atom. The predicted molar refractivity (Wildman–Crippen MR) is 61.9 cm³/mol. The minimum Gasteiger partial charge on any atom is -0.366 e. The Kier molecular flexibility index (Phi) is 3.74. The van der Waals surface area contributed by atoms with Crippen LogP contribution in [0.3, 0.4) is 0 Å². The van der Waals surface area contributed by atoms with Crippen LogP contribution in [-0.2, 0) is 19.9 Å². The molecule has 0 fully saturated rings. The van der Waals surface area contributed by atoms with Crippen molar-refractivity contribution in [2.75, 3.05) is 5.75 Å². The molecule has 0 saturated carbocycles. The van der Waals surface area contributed by atoms with Crippen molar-refractivity contribution in [3.63, 3.8) is 0 Å². The Morgan fingerprint density at radius 3 is 2.28 bits per heavy atom. The number of primary sulfonamides is 1. The third-order valence-electron chi connectivity index (χ3n) is 2.10. The molecule has 4 N–H and O–H groups in total. The van der Waals surface area contributed by atoms with E-state index in [1.54, 1.807) is 0 Å². The van der Waals surface area contributed by atoms with Gasteiger partial charge in [-0.3, -0.25) is 4.79 Å². The number of primary amides is 1. The van der Waals surface area contributed by atoms with Gasteiger partial charge in [-0.2, -0.15) is 0 Å². The van der Waals surface area contributed by atoms with Gasteiger partial charge in [-0.05, 0) is 6.07 Å². The topological polar surface area (TPSA) is 150 Å². The molecule has 1 aromatic rings. The molecule has 18 heavy (non-hydrogen) atoms. The fraction of sp³-hybridized carbons (Fsp3) is 0.250. The van der Waals surface area contributed by atoms with Crippen LogP contribution in [0.1, 0.15) is 17.3 Å². The highest BCUT2D eigenvalue weighted by Gasteiger charge is 2.29. The van der Waals surface area contributed by atoms with E-state index in [0.29, 0.717) is 0 Å². The second-order valence-corrected chi connectivity index (χ2v) is 7.00. The van der Waals surface area contributed by atoms with Crippen LogP contribution < -0.4 is 10.9 Å². The number of amides is 1. The number of sulfonamides is 1. The average Bonchev–Trinajstić information content (AvgIpc) is 2.26. The van der Waals surface area contributed by atoms with Crippen LogP contribution in [0.5, 0.6) is 0 Å². The average molecular weight is 293 g/mol. The van der Waals surface area contributed by atoms with Gasteiger partial charge in [0.05, 0.1) is 11.3 Å². The minimum absolute atomic E-state index is 0.415. The number of nitrogens with zero attached hydrogens (tertiary/aromatic N) is 1. The molecule has 100 valence electrons. The number of hydrogen-bond acceptors (Lipinski definition) is 6. The molecule has 1 aromatic heterocycles. The van der Waals surface area contributed by atoms with Gasteiger partial charge in [-0.1, -0.05) is 6.92 Å². The third-order valence-corrected chi connectivity index (χ3v) is 4.87. The highest BCUT2D eigenvalue weighted by molar-refractivity contribution is 7.93. The largest absolute Gasteiger partial charge is 0.366 e. The fourth-order valence-corrected chi connectivity index (χ4v) is 3.69. The fourth-order valence-electron chi connectivity index (χ4n) is 1.27. The number of rotatable bonds is 4. The number of pyridine rings is 1. The SMILES string of the molecule is CCS(=O)(=O)c1c(C(N)=O)ccnc1S(N)(=O)=O. The molecular formula is C8H11N3O5S2. The van der Waals surface area contributed by atoms with Crippen molar-refractivity contribution in [1.82, 2.24) is 4.98 Å². The molecule has 8 nitrogen and oxygen atoms in total. The Balaban J connectivity index is 3.89. The van der Waals surface area contributed by atoms with Crippen molar-refractivity contribution in [2.24, 2.45) is 10.9 Å². The Morgan fingerprint density at radius 1 is 1.33 bits per heavy atom. The Bertz CT molecular complexity index is 693. The Labute approximate surface area is 104 Å². The molecule has 0 unspecified atom stereocenters. The maximum absolute atomic E-state index is 11.8. The number of carbonyl (C=O) groups excluding carboxylic acids is 1. The summed E-state index contributed by atoms with van der Waals surface area (Å²) in [7, 11) is -8.39. The number of nitrogens with two attached hydrogens (primary N) is 2. The van der Waals surface area contributed by atoms with E-state index in [9.17, 15) is 21.6 Å². The predicted octanol–water partition coefficient (Wildman–Crippen LogP) is -1.38. The zero-order chi connectivity index (χ0) is 14.1. The lowest BCUT2D eigenvalue weighted by atomic mass is 10.2. The summed E-state index contributed by atoms with van der Waals surface area (Å²) in [5.41, 5.74) is 4.56. The zero-order valence-corrected chi connectivity index (χ0v) is 11.0. The molecule has 1 heterocycles. The summed E-state index contributed by atoms with van der Waals surface area (Å²) < 4.78 is 46.2. The van der Waals surface area contributed by atoms with Crippen molar-refractivity contribution in [3.8, 4) is 0 Å². The number of hydrogen-bond donors (Lipinski definition) is 2. The number of carbonyl (C=O) groups is 1. The van der Waals surface area contributed by atoms with Crippen molar-refractivity contribution in [3.05, 3.63) is 17.8 Å². The summed E-state index contributed by atoms with van der Waals surface area (Å²) in [6.45, 7) is 1.29. The monoisotopic (exact) mass is 293 g/mol. The van der Waals surface area contributed by atoms with E-state index in [-0.39, 0.29) is 0 Å². The molecule has 0 aliphatic rings. The van der Waals surface area contributed by atoms with Gasteiger partial charge >= 0.3 is 0 Å². The van der Waals surface area contributed by atoms with E-state index in [1.807, 2.05) is 0 Å². The maximum atomic E-state index is 11.8. The van der Waals surface area contributed by atoms with Crippen molar-refractivity contribution >= 4 is 25.8 Å². The summed E-state index contributed by atoms with van der Waals surface area (Å²) in [4.78, 5) is 13.8. The summed E-state index contributed by atoms with van der Waals surface area (Å²) in [6.07, 6.45) is 0.953. The lowest BCUT2D eigenvalue weighted by molar-refractivity contribution is 0.0996. The first-order chi connectivity index (χ1) is 8.11. The van der Waals surface area contributed by atoms with Gasteiger partial charge in [-0.15, -0.1) is 0 Å². The van der Waals surface area contributed by atoms with Gasteiger partial charge in [0.2, 0.25) is 5.91 Å². The van der Waals surface area contributed by atoms with Crippen LogP contribution in [0, 0.1) is 0 Å². The lowest BCUT2D eigenvalue weighted by Crippen LogP contribution is -2.24. The molecule has 0 aliphatic heterocycles. The first-order valence-electron chi connectivity index (χ1n) is 4.65. The molecule has 1 rings (SSSR count). The van der Waals surface area contributed by atoms with Gasteiger partial charge in [-0.25, -0.2) is 27.0 Å². The quantitative estimate of drug-likeness (QED) is 0.698. The van der Waals surface area contributed by atoms with Gasteiger partial charge < -0.3 is 5.73 Å². The second-order valence-electron chi connectivity index (χ2n) is 3.31. The standard InChI is InChI=1S/C8H11N3O5S2/c1-2-17(13,14)6-5(7(9)12)3-4-11-8(6)18(10,15)16/h3-4H,2H2,1H3,(H2,9,12)(H2,10,15,16). The van der Waals surface area contributed by atoms with Crippen LogP contribution in [-0.4, -0.2) is 33.5 Å². The van der Waals surface area contributed by atoms with Crippen LogP contribution in [0.15, 0.2) is 22.2 Å². The summed E-state index contributed by atoms with van der Waals surface area (Å²) in [6, 6.07) is 1.03. The van der Waals surface area contributed by atoms with Gasteiger partial charge in [0.25, 0.3) is 10.0 Å². The van der Waals surface area contributed by atoms with Gasteiger partial charge in [0.15, 0.2) is 14.9 Å². The van der Waals surface area contributed by atoms with Crippen molar-refractivity contribution in [1.29, 1.82) is 0 Å². The van der Waals surface area contributed by atoms with Crippen molar-refractivity contribution in [2.45, 2.75) is 16.8 Å². The summed E-state index contributed by atoms with van der Waals surface area (Å²) in [5.74, 6) is -1.49. The number of sulfone groups is 1. The van der Waals surface area contributed by atoms with E-state index in [2.05, 4.69) is 4.98 Å². The first-order valence-corrected chi connectivity index (χ1v) is 7.85. The first kappa shape index (κ1) is 14.5. The molecule has 0 radical (unpaired) electrons. The van der Waals surface area contributed by atoms with E-state index in [0.717, 1.165) is 12.3 Å². The lowest BCUT2D eigenvalue weighted by Gasteiger charge is -2.09. The molecular weight excluding hydrogens is 282 g/mol. The van der Waals surface area contributed by atoms with Crippen molar-refractivity contribution < 1.29 is 21.6 Å². The molecule has 0 saturated heterocycles. The van der Waals surface area contributed by atoms with Crippen LogP contribution in [0.4, 0.5) is 0 Å². The number of aromatic nitrogens is 1. The molecule has 10 heteroatoms. The third kappa shape index (κ3) is 2.66. The normalized spacial score (nSPS) is 12.3. The molecule has 0 aromatic carbocycles. The molecule has 0 bridgehead atoms. The summed E-state index contributed by atoms with van der Waals surface area (Å²) >= 11 is 0.